The lowest BCUT2D eigenvalue weighted by Crippen LogP contribution is -2.39. The third-order valence-electron chi connectivity index (χ3n) is 4.59. The van der Waals surface area contributed by atoms with Gasteiger partial charge in [0.05, 0.1) is 0 Å². The Balaban J connectivity index is 1.63. The second kappa shape index (κ2) is 5.72. The number of carbonyl (C=O) groups is 1. The first-order valence-electron chi connectivity index (χ1n) is 7.53. The van der Waals surface area contributed by atoms with Gasteiger partial charge in [0.2, 0.25) is 5.91 Å². The summed E-state index contributed by atoms with van der Waals surface area (Å²) in [6, 6.07) is 3.56. The molecule has 114 valence electrons. The lowest BCUT2D eigenvalue weighted by atomic mass is 9.89. The maximum absolute atomic E-state index is 13.9. The molecule has 21 heavy (non-hydrogen) atoms. The predicted octanol–water partition coefficient (Wildman–Crippen LogP) is 3.13. The largest absolute Gasteiger partial charge is 0.321 e. The lowest BCUT2D eigenvalue weighted by molar-refractivity contribution is -0.117. The van der Waals surface area contributed by atoms with Gasteiger partial charge in [-0.05, 0) is 50.2 Å². The van der Waals surface area contributed by atoms with E-state index in [4.69, 9.17) is 0 Å². The monoisotopic (exact) mass is 294 g/mol. The Morgan fingerprint density at radius 2 is 1.95 bits per heavy atom. The number of aryl methyl sites for hydroxylation is 1. The minimum Gasteiger partial charge on any atom is -0.321 e. The van der Waals surface area contributed by atoms with Gasteiger partial charge in [-0.3, -0.25) is 4.79 Å². The molecule has 0 saturated carbocycles. The van der Waals surface area contributed by atoms with Crippen molar-refractivity contribution in [2.75, 3.05) is 5.32 Å². The molecule has 2 fully saturated rings. The summed E-state index contributed by atoms with van der Waals surface area (Å²) < 4.78 is 27.5. The van der Waals surface area contributed by atoms with Crippen LogP contribution in [0.2, 0.25) is 0 Å². The third-order valence-corrected chi connectivity index (χ3v) is 4.59. The first-order valence-corrected chi connectivity index (χ1v) is 7.53. The first kappa shape index (κ1) is 14.4. The van der Waals surface area contributed by atoms with Crippen molar-refractivity contribution >= 4 is 11.6 Å². The molecule has 0 spiro atoms. The van der Waals surface area contributed by atoms with E-state index in [9.17, 15) is 13.6 Å². The highest BCUT2D eigenvalue weighted by atomic mass is 19.1. The van der Waals surface area contributed by atoms with Gasteiger partial charge in [-0.2, -0.15) is 0 Å². The van der Waals surface area contributed by atoms with Crippen LogP contribution in [0.15, 0.2) is 12.1 Å². The fraction of sp³-hybridized carbons (Fsp3) is 0.562. The third kappa shape index (κ3) is 3.07. The minimum absolute atomic E-state index is 0.301. The Kier molecular flexibility index (Phi) is 3.93. The van der Waals surface area contributed by atoms with E-state index in [0.717, 1.165) is 12.8 Å². The quantitative estimate of drug-likeness (QED) is 0.899. The SMILES string of the molecule is Cc1ccc(F)c(NC(=O)CC2CC3CCC(C2)N3)c1F. The van der Waals surface area contributed by atoms with E-state index in [0.29, 0.717) is 30.0 Å². The number of hydrogen-bond acceptors (Lipinski definition) is 2. The molecule has 2 N–H and O–H groups in total. The molecule has 5 heteroatoms. The molecule has 2 atom stereocenters. The maximum Gasteiger partial charge on any atom is 0.224 e. The van der Waals surface area contributed by atoms with Gasteiger partial charge in [-0.1, -0.05) is 6.07 Å². The molecule has 1 aromatic carbocycles. The molecule has 2 unspecified atom stereocenters. The van der Waals surface area contributed by atoms with E-state index in [1.54, 1.807) is 6.92 Å². The molecule has 2 aliphatic rings. The van der Waals surface area contributed by atoms with Crippen LogP contribution in [-0.2, 0) is 4.79 Å². The van der Waals surface area contributed by atoms with E-state index in [2.05, 4.69) is 10.6 Å². The van der Waals surface area contributed by atoms with Gasteiger partial charge in [0.1, 0.15) is 11.5 Å². The molecule has 3 nitrogen and oxygen atoms in total. The van der Waals surface area contributed by atoms with Crippen LogP contribution in [0, 0.1) is 24.5 Å². The number of carbonyl (C=O) groups excluding carboxylic acids is 1. The molecule has 3 rings (SSSR count). The van der Waals surface area contributed by atoms with Crippen molar-refractivity contribution in [1.29, 1.82) is 0 Å². The van der Waals surface area contributed by atoms with Crippen LogP contribution in [0.4, 0.5) is 14.5 Å². The zero-order valence-corrected chi connectivity index (χ0v) is 12.1. The minimum atomic E-state index is -0.725. The highest BCUT2D eigenvalue weighted by Crippen LogP contribution is 2.33. The summed E-state index contributed by atoms with van der Waals surface area (Å²) in [7, 11) is 0. The van der Waals surface area contributed by atoms with E-state index in [-0.39, 0.29) is 11.6 Å². The number of hydrogen-bond donors (Lipinski definition) is 2. The molecule has 0 aromatic heterocycles. The van der Waals surface area contributed by atoms with Crippen molar-refractivity contribution in [2.24, 2.45) is 5.92 Å². The summed E-state index contributed by atoms with van der Waals surface area (Å²) >= 11 is 0. The van der Waals surface area contributed by atoms with Crippen molar-refractivity contribution in [3.05, 3.63) is 29.3 Å². The molecule has 2 saturated heterocycles. The van der Waals surface area contributed by atoms with Crippen LogP contribution in [-0.4, -0.2) is 18.0 Å². The van der Waals surface area contributed by atoms with Crippen molar-refractivity contribution in [3.63, 3.8) is 0 Å². The van der Waals surface area contributed by atoms with E-state index < -0.39 is 11.6 Å². The molecular formula is C16H20F2N2O. The zero-order chi connectivity index (χ0) is 15.0. The summed E-state index contributed by atoms with van der Waals surface area (Å²) in [6.07, 6.45) is 4.63. The summed E-state index contributed by atoms with van der Waals surface area (Å²) in [6.45, 7) is 1.55. The van der Waals surface area contributed by atoms with Crippen molar-refractivity contribution < 1.29 is 13.6 Å². The Morgan fingerprint density at radius 3 is 2.62 bits per heavy atom. The van der Waals surface area contributed by atoms with Crippen LogP contribution >= 0.6 is 0 Å². The van der Waals surface area contributed by atoms with Gasteiger partial charge in [0.25, 0.3) is 0 Å². The number of piperidine rings is 1. The molecular weight excluding hydrogens is 274 g/mol. The summed E-state index contributed by atoms with van der Waals surface area (Å²) in [4.78, 5) is 12.1. The first-order chi connectivity index (χ1) is 10.0. The number of amides is 1. The summed E-state index contributed by atoms with van der Waals surface area (Å²) in [5.74, 6) is -1.41. The number of rotatable bonds is 3. The number of anilines is 1. The van der Waals surface area contributed by atoms with Crippen LogP contribution < -0.4 is 10.6 Å². The van der Waals surface area contributed by atoms with E-state index >= 15 is 0 Å². The topological polar surface area (TPSA) is 41.1 Å². The van der Waals surface area contributed by atoms with Crippen LogP contribution in [0.1, 0.15) is 37.7 Å². The van der Waals surface area contributed by atoms with Crippen molar-refractivity contribution in [2.45, 2.75) is 51.1 Å². The van der Waals surface area contributed by atoms with E-state index in [1.807, 2.05) is 0 Å². The van der Waals surface area contributed by atoms with Crippen LogP contribution in [0.25, 0.3) is 0 Å². The van der Waals surface area contributed by atoms with Gasteiger partial charge in [0.15, 0.2) is 5.82 Å². The van der Waals surface area contributed by atoms with Gasteiger partial charge in [-0.15, -0.1) is 0 Å². The standard InChI is InChI=1S/C16H20F2N2O/c1-9-2-5-13(17)16(15(9)18)20-14(21)8-10-6-11-3-4-12(7-10)19-11/h2,5,10-12,19H,3-4,6-8H2,1H3,(H,20,21). The Bertz CT molecular complexity index is 549. The van der Waals surface area contributed by atoms with Gasteiger partial charge in [0, 0.05) is 18.5 Å². The normalized spacial score (nSPS) is 27.7. The highest BCUT2D eigenvalue weighted by molar-refractivity contribution is 5.91. The Hall–Kier alpha value is -1.49. The molecule has 2 heterocycles. The van der Waals surface area contributed by atoms with Gasteiger partial charge in [-0.25, -0.2) is 8.78 Å². The molecule has 2 aliphatic heterocycles. The van der Waals surface area contributed by atoms with Gasteiger partial charge >= 0.3 is 0 Å². The second-order valence-electron chi connectivity index (χ2n) is 6.28. The fourth-order valence-corrected chi connectivity index (χ4v) is 3.57. The molecule has 0 aliphatic carbocycles. The van der Waals surface area contributed by atoms with Crippen molar-refractivity contribution in [1.82, 2.24) is 5.32 Å². The smallest absolute Gasteiger partial charge is 0.224 e. The average molecular weight is 294 g/mol. The molecule has 0 radical (unpaired) electrons. The number of benzene rings is 1. The molecule has 1 amide bonds. The predicted molar refractivity (Wildman–Crippen MR) is 77.0 cm³/mol. The second-order valence-corrected chi connectivity index (χ2v) is 6.28. The summed E-state index contributed by atoms with van der Waals surface area (Å²) in [5, 5.41) is 5.92. The number of nitrogens with one attached hydrogen (secondary N) is 2. The van der Waals surface area contributed by atoms with Crippen molar-refractivity contribution in [3.8, 4) is 0 Å². The Labute approximate surface area is 123 Å². The maximum atomic E-state index is 13.9. The van der Waals surface area contributed by atoms with Crippen LogP contribution in [0.5, 0.6) is 0 Å². The number of halogens is 2. The lowest BCUT2D eigenvalue weighted by Gasteiger charge is -2.28. The zero-order valence-electron chi connectivity index (χ0n) is 12.1. The van der Waals surface area contributed by atoms with E-state index in [1.165, 1.54) is 25.0 Å². The summed E-state index contributed by atoms with van der Waals surface area (Å²) in [5.41, 5.74) is 0.00326. The van der Waals surface area contributed by atoms with Gasteiger partial charge < -0.3 is 10.6 Å². The molecule has 2 bridgehead atoms. The average Bonchev–Trinajstić information content (AvgIpc) is 2.78. The molecule has 1 aromatic rings. The Morgan fingerprint density at radius 1 is 1.29 bits per heavy atom. The highest BCUT2D eigenvalue weighted by Gasteiger charge is 2.34. The van der Waals surface area contributed by atoms with Crippen LogP contribution in [0.3, 0.4) is 0 Å². The fourth-order valence-electron chi connectivity index (χ4n) is 3.57. The number of fused-ring (bicyclic) bond motifs is 2.